The molecule has 0 spiro atoms. The van der Waals surface area contributed by atoms with E-state index in [1.165, 1.54) is 0 Å². The summed E-state index contributed by atoms with van der Waals surface area (Å²) >= 11 is 0.809. The van der Waals surface area contributed by atoms with Crippen molar-refractivity contribution in [3.05, 3.63) is 29.6 Å². The van der Waals surface area contributed by atoms with Crippen LogP contribution in [0, 0.1) is 5.82 Å². The van der Waals surface area contributed by atoms with Crippen LogP contribution < -0.4 is 10.1 Å². The van der Waals surface area contributed by atoms with Gasteiger partial charge in [0.1, 0.15) is 16.8 Å². The number of carboxylic acids is 1. The van der Waals surface area contributed by atoms with Gasteiger partial charge < -0.3 is 15.2 Å². The Labute approximate surface area is 141 Å². The highest BCUT2D eigenvalue weighted by molar-refractivity contribution is 8.15. The molecule has 1 aliphatic heterocycles. The molecule has 0 aromatic heterocycles. The molecule has 12 heteroatoms. The standard InChI is InChI=1S/C13H9F4N3O4S/c14-7-1-2-8(24-13(15,16)17)6(3-7)5-18-20-12-19-11(23)9(25-12)4-10(21)22/h1-3,5,9H,4H2,(H,21,22)(H,19,20,23). The van der Waals surface area contributed by atoms with Crippen LogP contribution in [0.4, 0.5) is 17.6 Å². The number of carbonyl (C=O) groups excluding carboxylic acids is 1. The number of halogens is 4. The highest BCUT2D eigenvalue weighted by Crippen LogP contribution is 2.26. The van der Waals surface area contributed by atoms with Gasteiger partial charge in [-0.25, -0.2) is 4.39 Å². The Balaban J connectivity index is 2.13. The second-order valence-electron chi connectivity index (χ2n) is 4.57. The molecule has 2 N–H and O–H groups in total. The van der Waals surface area contributed by atoms with Crippen molar-refractivity contribution in [1.82, 2.24) is 5.32 Å². The molecule has 1 fully saturated rings. The summed E-state index contributed by atoms with van der Waals surface area (Å²) in [7, 11) is 0. The second-order valence-corrected chi connectivity index (χ2v) is 5.76. The van der Waals surface area contributed by atoms with Crippen LogP contribution in [0.2, 0.25) is 0 Å². The van der Waals surface area contributed by atoms with Gasteiger partial charge in [0.2, 0.25) is 5.91 Å². The fraction of sp³-hybridized carbons (Fsp3) is 0.231. The zero-order chi connectivity index (χ0) is 18.6. The smallest absolute Gasteiger partial charge is 0.481 e. The van der Waals surface area contributed by atoms with Crippen LogP contribution >= 0.6 is 11.8 Å². The molecule has 1 amide bonds. The maximum absolute atomic E-state index is 13.2. The maximum Gasteiger partial charge on any atom is 0.573 e. The zero-order valence-corrected chi connectivity index (χ0v) is 12.9. The Bertz CT molecular complexity index is 751. The number of ether oxygens (including phenoxy) is 1. The SMILES string of the molecule is O=C(O)CC1SC(=NN=Cc2cc(F)ccc2OC(F)(F)F)NC1=O. The fourth-order valence-corrected chi connectivity index (χ4v) is 2.64. The Morgan fingerprint density at radius 3 is 2.80 bits per heavy atom. The summed E-state index contributed by atoms with van der Waals surface area (Å²) in [6.45, 7) is 0. The number of nitrogens with one attached hydrogen (secondary N) is 1. The third-order valence-corrected chi connectivity index (χ3v) is 3.75. The Morgan fingerprint density at radius 2 is 2.16 bits per heavy atom. The number of rotatable bonds is 5. The van der Waals surface area contributed by atoms with E-state index >= 15 is 0 Å². The molecule has 7 nitrogen and oxygen atoms in total. The van der Waals surface area contributed by atoms with Crippen LogP contribution in [0.1, 0.15) is 12.0 Å². The van der Waals surface area contributed by atoms with Crippen molar-refractivity contribution >= 4 is 35.0 Å². The Kier molecular flexibility index (Phi) is 5.62. The number of hydrogen-bond donors (Lipinski definition) is 2. The largest absolute Gasteiger partial charge is 0.573 e. The van der Waals surface area contributed by atoms with Crippen molar-refractivity contribution in [2.24, 2.45) is 10.2 Å². The van der Waals surface area contributed by atoms with E-state index in [1.54, 1.807) is 0 Å². The molecule has 1 heterocycles. The van der Waals surface area contributed by atoms with Crippen molar-refractivity contribution < 1.29 is 37.0 Å². The van der Waals surface area contributed by atoms with Crippen LogP contribution in [0.5, 0.6) is 5.75 Å². The molecule has 1 saturated heterocycles. The molecule has 0 bridgehead atoms. The second kappa shape index (κ2) is 7.51. The molecular formula is C13H9F4N3O4S. The minimum absolute atomic E-state index is 0.0257. The number of nitrogens with zero attached hydrogens (tertiary/aromatic N) is 2. The highest BCUT2D eigenvalue weighted by atomic mass is 32.2. The van der Waals surface area contributed by atoms with Crippen molar-refractivity contribution in [3.8, 4) is 5.75 Å². The number of hydrogen-bond acceptors (Lipinski definition) is 6. The molecule has 1 atom stereocenters. The lowest BCUT2D eigenvalue weighted by molar-refractivity contribution is -0.274. The number of alkyl halides is 3. The molecule has 1 aromatic carbocycles. The summed E-state index contributed by atoms with van der Waals surface area (Å²) in [5.74, 6) is -3.24. The fourth-order valence-electron chi connectivity index (χ4n) is 1.73. The molecule has 1 aliphatic rings. The van der Waals surface area contributed by atoms with E-state index in [0.29, 0.717) is 0 Å². The van der Waals surface area contributed by atoms with Gasteiger partial charge in [-0.2, -0.15) is 5.10 Å². The van der Waals surface area contributed by atoms with Gasteiger partial charge in [0, 0.05) is 5.56 Å². The van der Waals surface area contributed by atoms with Crippen molar-refractivity contribution in [1.29, 1.82) is 0 Å². The van der Waals surface area contributed by atoms with E-state index in [1.807, 2.05) is 0 Å². The van der Waals surface area contributed by atoms with E-state index < -0.39 is 41.5 Å². The van der Waals surface area contributed by atoms with E-state index in [0.717, 1.165) is 36.2 Å². The number of thioether (sulfide) groups is 1. The molecule has 134 valence electrons. The van der Waals surface area contributed by atoms with Crippen LogP contribution in [0.25, 0.3) is 0 Å². The quantitative estimate of drug-likeness (QED) is 0.464. The molecule has 1 unspecified atom stereocenters. The summed E-state index contributed by atoms with van der Waals surface area (Å²) in [5, 5.41) is 17.0. The number of aliphatic carboxylic acids is 1. The van der Waals surface area contributed by atoms with Gasteiger partial charge in [-0.15, -0.1) is 18.3 Å². The molecule has 1 aromatic rings. The zero-order valence-electron chi connectivity index (χ0n) is 12.1. The predicted molar refractivity (Wildman–Crippen MR) is 79.9 cm³/mol. The van der Waals surface area contributed by atoms with E-state index in [4.69, 9.17) is 5.11 Å². The molecular weight excluding hydrogens is 370 g/mol. The van der Waals surface area contributed by atoms with Gasteiger partial charge in [0.15, 0.2) is 5.17 Å². The monoisotopic (exact) mass is 379 g/mol. The van der Waals surface area contributed by atoms with E-state index in [2.05, 4.69) is 20.3 Å². The first-order chi connectivity index (χ1) is 11.6. The van der Waals surface area contributed by atoms with Gasteiger partial charge in [-0.3, -0.25) is 9.59 Å². The lowest BCUT2D eigenvalue weighted by Crippen LogP contribution is -2.26. The third kappa shape index (κ3) is 5.74. The number of carboxylic acid groups (broad SMARTS) is 1. The first kappa shape index (κ1) is 18.7. The van der Waals surface area contributed by atoms with Crippen LogP contribution in [-0.2, 0) is 9.59 Å². The lowest BCUT2D eigenvalue weighted by atomic mass is 10.2. The molecule has 2 rings (SSSR count). The van der Waals surface area contributed by atoms with Gasteiger partial charge in [0.25, 0.3) is 0 Å². The average Bonchev–Trinajstić information content (AvgIpc) is 2.80. The number of carbonyl (C=O) groups is 2. The normalized spacial score (nSPS) is 19.4. The van der Waals surface area contributed by atoms with Crippen molar-refractivity contribution in [2.45, 2.75) is 18.0 Å². The van der Waals surface area contributed by atoms with Crippen LogP contribution in [0.15, 0.2) is 28.4 Å². The minimum atomic E-state index is -4.97. The molecule has 0 radical (unpaired) electrons. The minimum Gasteiger partial charge on any atom is -0.481 e. The van der Waals surface area contributed by atoms with E-state index in [-0.39, 0.29) is 10.7 Å². The Morgan fingerprint density at radius 1 is 1.44 bits per heavy atom. The highest BCUT2D eigenvalue weighted by Gasteiger charge is 2.33. The van der Waals surface area contributed by atoms with Gasteiger partial charge in [0.05, 0.1) is 12.6 Å². The molecule has 0 saturated carbocycles. The Hall–Kier alpha value is -2.63. The van der Waals surface area contributed by atoms with Crippen LogP contribution in [-0.4, -0.2) is 40.0 Å². The summed E-state index contributed by atoms with van der Waals surface area (Å²) in [6.07, 6.45) is -4.58. The van der Waals surface area contributed by atoms with Crippen molar-refractivity contribution in [2.75, 3.05) is 0 Å². The van der Waals surface area contributed by atoms with E-state index in [9.17, 15) is 27.2 Å². The van der Waals surface area contributed by atoms with Crippen molar-refractivity contribution in [3.63, 3.8) is 0 Å². The lowest BCUT2D eigenvalue weighted by Gasteiger charge is -2.10. The summed E-state index contributed by atoms with van der Waals surface area (Å²) < 4.78 is 53.8. The number of benzene rings is 1. The van der Waals surface area contributed by atoms with Gasteiger partial charge in [-0.1, -0.05) is 11.8 Å². The molecule has 25 heavy (non-hydrogen) atoms. The molecule has 0 aliphatic carbocycles. The third-order valence-electron chi connectivity index (χ3n) is 2.68. The van der Waals surface area contributed by atoms with Gasteiger partial charge in [-0.05, 0) is 18.2 Å². The predicted octanol–water partition coefficient (Wildman–Crippen LogP) is 2.12. The number of amidine groups is 1. The first-order valence-corrected chi connectivity index (χ1v) is 7.37. The topological polar surface area (TPSA) is 100 Å². The maximum atomic E-state index is 13.2. The average molecular weight is 379 g/mol. The summed E-state index contributed by atoms with van der Waals surface area (Å²) in [4.78, 5) is 22.1. The summed E-state index contributed by atoms with van der Waals surface area (Å²) in [6, 6.07) is 2.33. The van der Waals surface area contributed by atoms with Crippen LogP contribution in [0.3, 0.4) is 0 Å². The first-order valence-electron chi connectivity index (χ1n) is 6.49. The summed E-state index contributed by atoms with van der Waals surface area (Å²) in [5.41, 5.74) is -0.321. The number of amides is 1. The van der Waals surface area contributed by atoms with Gasteiger partial charge >= 0.3 is 12.3 Å².